The Morgan fingerprint density at radius 3 is 2.61 bits per heavy atom. The molecule has 0 fully saturated rings. The maximum absolute atomic E-state index is 9.34. The molecule has 102 valence electrons. The van der Waals surface area contributed by atoms with Crippen LogP contribution in [0.5, 0.6) is 5.88 Å². The van der Waals surface area contributed by atoms with Crippen LogP contribution in [0.1, 0.15) is 26.7 Å². The quantitative estimate of drug-likeness (QED) is 0.637. The van der Waals surface area contributed by atoms with Crippen molar-refractivity contribution in [3.8, 4) is 5.88 Å². The minimum absolute atomic E-state index is 0.191. The van der Waals surface area contributed by atoms with Crippen molar-refractivity contribution >= 4 is 5.95 Å². The fraction of sp³-hybridized carbons (Fsp3) is 0.667. The summed E-state index contributed by atoms with van der Waals surface area (Å²) in [5, 5.41) is 21.6. The van der Waals surface area contributed by atoms with Crippen LogP contribution < -0.4 is 10.1 Å². The topological polar surface area (TPSA) is 87.5 Å². The Kier molecular flexibility index (Phi) is 5.80. The molecule has 0 radical (unpaired) electrons. The SMILES string of the molecule is CCCOc1ccnc(NC(CC)(CO)CO)n1. The lowest BCUT2D eigenvalue weighted by molar-refractivity contribution is 0.132. The van der Waals surface area contributed by atoms with Crippen molar-refractivity contribution in [3.05, 3.63) is 12.3 Å². The summed E-state index contributed by atoms with van der Waals surface area (Å²) in [4.78, 5) is 8.22. The average molecular weight is 255 g/mol. The number of nitrogens with zero attached hydrogens (tertiary/aromatic N) is 2. The highest BCUT2D eigenvalue weighted by Crippen LogP contribution is 2.17. The predicted molar refractivity (Wildman–Crippen MR) is 68.6 cm³/mol. The summed E-state index contributed by atoms with van der Waals surface area (Å²) in [5.74, 6) is 0.823. The van der Waals surface area contributed by atoms with Crippen molar-refractivity contribution in [2.24, 2.45) is 0 Å². The molecule has 3 N–H and O–H groups in total. The van der Waals surface area contributed by atoms with Gasteiger partial charge in [0.25, 0.3) is 0 Å². The van der Waals surface area contributed by atoms with Crippen LogP contribution >= 0.6 is 0 Å². The number of nitrogens with one attached hydrogen (secondary N) is 1. The molecule has 1 heterocycles. The van der Waals surface area contributed by atoms with Crippen LogP contribution in [0.25, 0.3) is 0 Å². The molecule has 0 aliphatic rings. The first kappa shape index (κ1) is 14.7. The van der Waals surface area contributed by atoms with Crippen molar-refractivity contribution in [2.45, 2.75) is 32.2 Å². The summed E-state index contributed by atoms with van der Waals surface area (Å²) in [6, 6.07) is 1.67. The largest absolute Gasteiger partial charge is 0.478 e. The average Bonchev–Trinajstić information content (AvgIpc) is 2.43. The number of aromatic nitrogens is 2. The summed E-state index contributed by atoms with van der Waals surface area (Å²) >= 11 is 0. The lowest BCUT2D eigenvalue weighted by Crippen LogP contribution is -2.45. The molecule has 0 saturated carbocycles. The number of aliphatic hydroxyl groups excluding tert-OH is 2. The van der Waals surface area contributed by atoms with Gasteiger partial charge in [-0.1, -0.05) is 13.8 Å². The predicted octanol–water partition coefficient (Wildman–Crippen LogP) is 0.811. The van der Waals surface area contributed by atoms with E-state index in [2.05, 4.69) is 15.3 Å². The van der Waals surface area contributed by atoms with Gasteiger partial charge in [0.2, 0.25) is 11.8 Å². The van der Waals surface area contributed by atoms with Crippen LogP contribution in [0.3, 0.4) is 0 Å². The van der Waals surface area contributed by atoms with E-state index in [9.17, 15) is 10.2 Å². The molecule has 1 aromatic rings. The Morgan fingerprint density at radius 1 is 1.33 bits per heavy atom. The lowest BCUT2D eigenvalue weighted by atomic mass is 9.99. The Labute approximate surface area is 107 Å². The summed E-state index contributed by atoms with van der Waals surface area (Å²) in [7, 11) is 0. The number of rotatable bonds is 8. The van der Waals surface area contributed by atoms with Gasteiger partial charge >= 0.3 is 0 Å². The highest BCUT2D eigenvalue weighted by atomic mass is 16.5. The number of ether oxygens (including phenoxy) is 1. The minimum Gasteiger partial charge on any atom is -0.478 e. The summed E-state index contributed by atoms with van der Waals surface area (Å²) in [6.45, 7) is 4.10. The van der Waals surface area contributed by atoms with Crippen LogP contribution in [0.2, 0.25) is 0 Å². The highest BCUT2D eigenvalue weighted by Gasteiger charge is 2.27. The fourth-order valence-electron chi connectivity index (χ4n) is 1.37. The standard InChI is InChI=1S/C12H21N3O3/c1-3-7-18-10-5-6-13-11(14-10)15-12(4-2,8-16)9-17/h5-6,16-17H,3-4,7-9H2,1-2H3,(H,13,14,15). The minimum atomic E-state index is -0.802. The third kappa shape index (κ3) is 3.82. The summed E-state index contributed by atoms with van der Waals surface area (Å²) in [6.07, 6.45) is 3.04. The maximum atomic E-state index is 9.34. The number of aliphatic hydroxyl groups is 2. The molecule has 0 aliphatic heterocycles. The molecule has 0 aliphatic carbocycles. The number of anilines is 1. The second-order valence-electron chi connectivity index (χ2n) is 4.14. The first-order chi connectivity index (χ1) is 8.69. The second kappa shape index (κ2) is 7.13. The van der Waals surface area contributed by atoms with Crippen LogP contribution in [-0.2, 0) is 0 Å². The molecule has 1 aromatic heterocycles. The molecule has 0 aromatic carbocycles. The first-order valence-electron chi connectivity index (χ1n) is 6.15. The maximum Gasteiger partial charge on any atom is 0.226 e. The molecular weight excluding hydrogens is 234 g/mol. The molecule has 0 saturated heterocycles. The zero-order chi connectivity index (χ0) is 13.4. The lowest BCUT2D eigenvalue weighted by Gasteiger charge is -2.29. The van der Waals surface area contributed by atoms with E-state index in [1.54, 1.807) is 12.3 Å². The van der Waals surface area contributed by atoms with E-state index < -0.39 is 5.54 Å². The Hall–Kier alpha value is -1.40. The Bertz CT molecular complexity index is 348. The van der Waals surface area contributed by atoms with Gasteiger partial charge in [-0.25, -0.2) is 4.98 Å². The van der Waals surface area contributed by atoms with Gasteiger partial charge in [-0.05, 0) is 12.8 Å². The van der Waals surface area contributed by atoms with E-state index >= 15 is 0 Å². The number of hydrogen-bond acceptors (Lipinski definition) is 6. The van der Waals surface area contributed by atoms with Gasteiger partial charge in [-0.2, -0.15) is 4.98 Å². The molecule has 6 heteroatoms. The fourth-order valence-corrected chi connectivity index (χ4v) is 1.37. The van der Waals surface area contributed by atoms with Crippen molar-refractivity contribution in [3.63, 3.8) is 0 Å². The molecule has 0 amide bonds. The molecule has 0 atom stereocenters. The second-order valence-corrected chi connectivity index (χ2v) is 4.14. The molecule has 6 nitrogen and oxygen atoms in total. The molecule has 18 heavy (non-hydrogen) atoms. The Balaban J connectivity index is 2.77. The van der Waals surface area contributed by atoms with Crippen LogP contribution in [0, 0.1) is 0 Å². The van der Waals surface area contributed by atoms with Crippen LogP contribution in [-0.4, -0.2) is 45.5 Å². The molecular formula is C12H21N3O3. The third-order valence-corrected chi connectivity index (χ3v) is 2.74. The smallest absolute Gasteiger partial charge is 0.226 e. The molecule has 0 spiro atoms. The van der Waals surface area contributed by atoms with Crippen molar-refractivity contribution < 1.29 is 14.9 Å². The first-order valence-corrected chi connectivity index (χ1v) is 6.15. The molecule has 0 unspecified atom stereocenters. The zero-order valence-electron chi connectivity index (χ0n) is 10.9. The van der Waals surface area contributed by atoms with Crippen molar-refractivity contribution in [1.29, 1.82) is 0 Å². The van der Waals surface area contributed by atoms with E-state index in [-0.39, 0.29) is 13.2 Å². The van der Waals surface area contributed by atoms with Crippen molar-refractivity contribution in [1.82, 2.24) is 9.97 Å². The van der Waals surface area contributed by atoms with Gasteiger partial charge in [0, 0.05) is 12.3 Å². The highest BCUT2D eigenvalue weighted by molar-refractivity contribution is 5.31. The zero-order valence-corrected chi connectivity index (χ0v) is 10.9. The van der Waals surface area contributed by atoms with Gasteiger partial charge in [-0.3, -0.25) is 0 Å². The van der Waals surface area contributed by atoms with Gasteiger partial charge < -0.3 is 20.3 Å². The van der Waals surface area contributed by atoms with E-state index in [0.29, 0.717) is 24.9 Å². The monoisotopic (exact) mass is 255 g/mol. The van der Waals surface area contributed by atoms with Crippen LogP contribution in [0.15, 0.2) is 12.3 Å². The van der Waals surface area contributed by atoms with E-state index in [0.717, 1.165) is 6.42 Å². The van der Waals surface area contributed by atoms with Crippen LogP contribution in [0.4, 0.5) is 5.95 Å². The third-order valence-electron chi connectivity index (χ3n) is 2.74. The van der Waals surface area contributed by atoms with Gasteiger partial charge in [0.05, 0.1) is 25.4 Å². The summed E-state index contributed by atoms with van der Waals surface area (Å²) in [5.41, 5.74) is -0.802. The van der Waals surface area contributed by atoms with E-state index in [1.807, 2.05) is 13.8 Å². The van der Waals surface area contributed by atoms with Crippen molar-refractivity contribution in [2.75, 3.05) is 25.1 Å². The molecule has 0 bridgehead atoms. The van der Waals surface area contributed by atoms with Gasteiger partial charge in [-0.15, -0.1) is 0 Å². The Morgan fingerprint density at radius 2 is 2.06 bits per heavy atom. The van der Waals surface area contributed by atoms with E-state index in [4.69, 9.17) is 4.74 Å². The van der Waals surface area contributed by atoms with Gasteiger partial charge in [0.15, 0.2) is 0 Å². The molecule has 1 rings (SSSR count). The number of hydrogen-bond donors (Lipinski definition) is 3. The van der Waals surface area contributed by atoms with E-state index in [1.165, 1.54) is 0 Å². The van der Waals surface area contributed by atoms with Gasteiger partial charge in [0.1, 0.15) is 0 Å². The summed E-state index contributed by atoms with van der Waals surface area (Å²) < 4.78 is 5.40. The normalized spacial score (nSPS) is 11.3.